The van der Waals surface area contributed by atoms with Gasteiger partial charge >= 0.3 is 0 Å². The van der Waals surface area contributed by atoms with E-state index in [1.165, 1.54) is 12.1 Å². The molecule has 0 bridgehead atoms. The summed E-state index contributed by atoms with van der Waals surface area (Å²) in [5.74, 6) is -0.496. The first-order chi connectivity index (χ1) is 12.5. The molecule has 0 aromatic heterocycles. The van der Waals surface area contributed by atoms with Gasteiger partial charge < -0.3 is 5.73 Å². The number of sulfonamides is 1. The lowest BCUT2D eigenvalue weighted by atomic mass is 9.95. The molecule has 2 atom stereocenters. The summed E-state index contributed by atoms with van der Waals surface area (Å²) in [5.41, 5.74) is 7.95. The topological polar surface area (TPSA) is 72.2 Å². The first-order valence-electron chi connectivity index (χ1n) is 8.11. The fourth-order valence-electron chi connectivity index (χ4n) is 2.73. The summed E-state index contributed by atoms with van der Waals surface area (Å²) >= 11 is 0. The van der Waals surface area contributed by atoms with Crippen LogP contribution in [-0.2, 0) is 10.0 Å². The molecule has 0 unspecified atom stereocenters. The Morgan fingerprint density at radius 3 is 1.81 bits per heavy atom. The number of hydrogen-bond acceptors (Lipinski definition) is 3. The minimum Gasteiger partial charge on any atom is -0.322 e. The Kier molecular flexibility index (Phi) is 5.46. The van der Waals surface area contributed by atoms with Crippen LogP contribution in [0.2, 0.25) is 0 Å². The van der Waals surface area contributed by atoms with E-state index >= 15 is 0 Å². The maximum Gasteiger partial charge on any atom is 0.241 e. The number of hydrogen-bond donors (Lipinski definition) is 2. The van der Waals surface area contributed by atoms with Crippen LogP contribution in [0.3, 0.4) is 0 Å². The van der Waals surface area contributed by atoms with Gasteiger partial charge in [-0.1, -0.05) is 60.7 Å². The van der Waals surface area contributed by atoms with Crippen molar-refractivity contribution in [2.45, 2.75) is 17.0 Å². The molecule has 0 fully saturated rings. The van der Waals surface area contributed by atoms with Gasteiger partial charge in [-0.25, -0.2) is 17.5 Å². The first kappa shape index (κ1) is 18.3. The predicted molar refractivity (Wildman–Crippen MR) is 99.3 cm³/mol. The number of benzene rings is 3. The van der Waals surface area contributed by atoms with Crippen LogP contribution < -0.4 is 10.5 Å². The van der Waals surface area contributed by atoms with Crippen LogP contribution in [0, 0.1) is 5.82 Å². The molecule has 0 aliphatic rings. The molecule has 3 N–H and O–H groups in total. The Balaban J connectivity index is 1.97. The zero-order valence-corrected chi connectivity index (χ0v) is 14.7. The van der Waals surface area contributed by atoms with E-state index in [0.717, 1.165) is 23.3 Å². The summed E-state index contributed by atoms with van der Waals surface area (Å²) in [6, 6.07) is 21.9. The van der Waals surface area contributed by atoms with Gasteiger partial charge in [-0.05, 0) is 35.4 Å². The van der Waals surface area contributed by atoms with E-state index in [1.54, 1.807) is 0 Å². The van der Waals surface area contributed by atoms with Crippen molar-refractivity contribution in [1.29, 1.82) is 0 Å². The Morgan fingerprint density at radius 1 is 0.769 bits per heavy atom. The van der Waals surface area contributed by atoms with Crippen LogP contribution in [0.15, 0.2) is 89.8 Å². The van der Waals surface area contributed by atoms with Gasteiger partial charge in [0.15, 0.2) is 0 Å². The fraction of sp³-hybridized carbons (Fsp3) is 0.100. The largest absolute Gasteiger partial charge is 0.322 e. The lowest BCUT2D eigenvalue weighted by Gasteiger charge is -2.26. The molecule has 0 saturated heterocycles. The second-order valence-electron chi connectivity index (χ2n) is 5.90. The third kappa shape index (κ3) is 4.16. The van der Waals surface area contributed by atoms with Crippen LogP contribution in [0.4, 0.5) is 4.39 Å². The van der Waals surface area contributed by atoms with Crippen LogP contribution in [-0.4, -0.2) is 8.42 Å². The van der Waals surface area contributed by atoms with Gasteiger partial charge in [0, 0.05) is 0 Å². The lowest BCUT2D eigenvalue weighted by Crippen LogP contribution is -2.36. The maximum absolute atomic E-state index is 13.1. The van der Waals surface area contributed by atoms with Crippen molar-refractivity contribution in [2.75, 3.05) is 0 Å². The lowest BCUT2D eigenvalue weighted by molar-refractivity contribution is 0.504. The van der Waals surface area contributed by atoms with Gasteiger partial charge in [-0.3, -0.25) is 0 Å². The Bertz CT molecular complexity index is 946. The van der Waals surface area contributed by atoms with E-state index in [-0.39, 0.29) is 4.90 Å². The number of nitrogens with two attached hydrogens (primary N) is 1. The van der Waals surface area contributed by atoms with Crippen molar-refractivity contribution in [3.05, 3.63) is 102 Å². The van der Waals surface area contributed by atoms with E-state index in [0.29, 0.717) is 0 Å². The fourth-order valence-corrected chi connectivity index (χ4v) is 3.97. The molecule has 0 aliphatic heterocycles. The summed E-state index contributed by atoms with van der Waals surface area (Å²) in [6.07, 6.45) is 0. The van der Waals surface area contributed by atoms with Gasteiger partial charge in [0.1, 0.15) is 5.82 Å². The highest BCUT2D eigenvalue weighted by Gasteiger charge is 2.27. The molecule has 3 rings (SSSR count). The maximum atomic E-state index is 13.1. The molecule has 0 heterocycles. The van der Waals surface area contributed by atoms with Gasteiger partial charge in [0.25, 0.3) is 0 Å². The molecule has 134 valence electrons. The van der Waals surface area contributed by atoms with E-state index in [1.807, 2.05) is 60.7 Å². The minimum absolute atomic E-state index is 0.0138. The van der Waals surface area contributed by atoms with E-state index in [4.69, 9.17) is 5.73 Å². The van der Waals surface area contributed by atoms with Crippen LogP contribution in [0.5, 0.6) is 0 Å². The van der Waals surface area contributed by atoms with Gasteiger partial charge in [0.05, 0.1) is 17.0 Å². The molecular weight excluding hydrogens is 351 g/mol. The molecule has 0 amide bonds. The van der Waals surface area contributed by atoms with Crippen LogP contribution >= 0.6 is 0 Å². The average Bonchev–Trinajstić information content (AvgIpc) is 2.67. The first-order valence-corrected chi connectivity index (χ1v) is 9.59. The number of halogens is 1. The van der Waals surface area contributed by atoms with E-state index < -0.39 is 27.9 Å². The summed E-state index contributed by atoms with van der Waals surface area (Å²) in [5, 5.41) is 0. The summed E-state index contributed by atoms with van der Waals surface area (Å²) in [4.78, 5) is -0.0138. The number of nitrogens with one attached hydrogen (secondary N) is 1. The Labute approximate surface area is 152 Å². The highest BCUT2D eigenvalue weighted by molar-refractivity contribution is 7.89. The van der Waals surface area contributed by atoms with Gasteiger partial charge in [0.2, 0.25) is 10.0 Å². The predicted octanol–water partition coefficient (Wildman–Crippen LogP) is 3.55. The molecule has 3 aromatic rings. The highest BCUT2D eigenvalue weighted by Crippen LogP contribution is 2.28. The molecule has 0 saturated carbocycles. The molecule has 0 spiro atoms. The molecule has 3 aromatic carbocycles. The second kappa shape index (κ2) is 7.78. The zero-order chi connectivity index (χ0) is 18.6. The van der Waals surface area contributed by atoms with Crippen molar-refractivity contribution in [1.82, 2.24) is 4.72 Å². The van der Waals surface area contributed by atoms with Crippen molar-refractivity contribution >= 4 is 10.0 Å². The van der Waals surface area contributed by atoms with E-state index in [2.05, 4.69) is 4.72 Å². The smallest absolute Gasteiger partial charge is 0.241 e. The van der Waals surface area contributed by atoms with E-state index in [9.17, 15) is 12.8 Å². The monoisotopic (exact) mass is 370 g/mol. The number of rotatable bonds is 6. The summed E-state index contributed by atoms with van der Waals surface area (Å²) < 4.78 is 41.3. The SMILES string of the molecule is N[C@@H](c1ccccc1)[C@@H](NS(=O)(=O)c1ccc(F)cc1)c1ccccc1. The van der Waals surface area contributed by atoms with Crippen molar-refractivity contribution in [2.24, 2.45) is 5.73 Å². The Hall–Kier alpha value is -2.54. The summed E-state index contributed by atoms with van der Waals surface area (Å²) in [7, 11) is -3.87. The van der Waals surface area contributed by atoms with Crippen molar-refractivity contribution < 1.29 is 12.8 Å². The zero-order valence-electron chi connectivity index (χ0n) is 13.9. The molecule has 6 heteroatoms. The van der Waals surface area contributed by atoms with Gasteiger partial charge in [-0.2, -0.15) is 0 Å². The average molecular weight is 370 g/mol. The molecular formula is C20H19FN2O2S. The quantitative estimate of drug-likeness (QED) is 0.697. The Morgan fingerprint density at radius 2 is 1.27 bits per heavy atom. The molecule has 26 heavy (non-hydrogen) atoms. The van der Waals surface area contributed by atoms with Crippen molar-refractivity contribution in [3.8, 4) is 0 Å². The third-order valence-electron chi connectivity index (χ3n) is 4.11. The highest BCUT2D eigenvalue weighted by atomic mass is 32.2. The standard InChI is InChI=1S/C20H19FN2O2S/c21-17-11-13-18(14-12-17)26(24,25)23-20(16-9-5-2-6-10-16)19(22)15-7-3-1-4-8-15/h1-14,19-20,23H,22H2/t19-,20-/m0/s1. The second-order valence-corrected chi connectivity index (χ2v) is 7.61. The van der Waals surface area contributed by atoms with Gasteiger partial charge in [-0.15, -0.1) is 0 Å². The normalized spacial score (nSPS) is 13.9. The van der Waals surface area contributed by atoms with Crippen LogP contribution in [0.1, 0.15) is 23.2 Å². The molecule has 0 radical (unpaired) electrons. The van der Waals surface area contributed by atoms with Crippen molar-refractivity contribution in [3.63, 3.8) is 0 Å². The summed E-state index contributed by atoms with van der Waals surface area (Å²) in [6.45, 7) is 0. The van der Waals surface area contributed by atoms with Crippen LogP contribution in [0.25, 0.3) is 0 Å². The molecule has 0 aliphatic carbocycles. The molecule has 4 nitrogen and oxygen atoms in total. The minimum atomic E-state index is -3.87. The third-order valence-corrected chi connectivity index (χ3v) is 5.57.